The van der Waals surface area contributed by atoms with Gasteiger partial charge in [0, 0.05) is 34.3 Å². The standard InChI is InChI=1S/C26H37NO4S/c1-2-3-4-8-25(30)19-9-11-21(12-10-19)27-20(13-16-26(27)31)6-5-7-23-14-15-24(32-23)17-22(29)18-28/h9-12,14-15,20,22,25,28-30H,2-8,13,16-18H2,1H3/t20-,22-,25-/m0/s1. The first-order chi connectivity index (χ1) is 15.5. The van der Waals surface area contributed by atoms with Gasteiger partial charge in [-0.2, -0.15) is 0 Å². The lowest BCUT2D eigenvalue weighted by Gasteiger charge is -2.25. The van der Waals surface area contributed by atoms with E-state index in [2.05, 4.69) is 13.0 Å². The van der Waals surface area contributed by atoms with Gasteiger partial charge in [-0.25, -0.2) is 0 Å². The molecule has 1 aromatic heterocycles. The Morgan fingerprint density at radius 2 is 1.81 bits per heavy atom. The summed E-state index contributed by atoms with van der Waals surface area (Å²) in [4.78, 5) is 16.9. The minimum absolute atomic E-state index is 0.183. The highest BCUT2D eigenvalue weighted by Crippen LogP contribution is 2.31. The molecular formula is C26H37NO4S. The molecule has 1 aliphatic heterocycles. The molecule has 1 aromatic carbocycles. The summed E-state index contributed by atoms with van der Waals surface area (Å²) in [5.41, 5.74) is 1.85. The SMILES string of the molecule is CCCCC[C@H](O)c1ccc(N2C(=O)CC[C@@H]2CCCc2ccc(C[C@H](O)CO)s2)cc1. The lowest BCUT2D eigenvalue weighted by Crippen LogP contribution is -2.32. The number of aliphatic hydroxyl groups excluding tert-OH is 3. The molecule has 0 saturated carbocycles. The Labute approximate surface area is 195 Å². The van der Waals surface area contributed by atoms with Crippen molar-refractivity contribution in [3.8, 4) is 0 Å². The zero-order valence-electron chi connectivity index (χ0n) is 19.1. The molecule has 0 spiro atoms. The minimum atomic E-state index is -0.691. The lowest BCUT2D eigenvalue weighted by atomic mass is 10.0. The van der Waals surface area contributed by atoms with E-state index in [-0.39, 0.29) is 18.6 Å². The highest BCUT2D eigenvalue weighted by atomic mass is 32.1. The van der Waals surface area contributed by atoms with Crippen LogP contribution >= 0.6 is 11.3 Å². The van der Waals surface area contributed by atoms with Gasteiger partial charge in [-0.1, -0.05) is 38.3 Å². The highest BCUT2D eigenvalue weighted by Gasteiger charge is 2.31. The molecule has 5 nitrogen and oxygen atoms in total. The Morgan fingerprint density at radius 1 is 1.06 bits per heavy atom. The Kier molecular flexibility index (Phi) is 9.72. The van der Waals surface area contributed by atoms with Gasteiger partial charge in [0.05, 0.1) is 18.8 Å². The van der Waals surface area contributed by atoms with Crippen molar-refractivity contribution in [2.45, 2.75) is 89.4 Å². The summed E-state index contributed by atoms with van der Waals surface area (Å²) < 4.78 is 0. The second-order valence-corrected chi connectivity index (χ2v) is 10.1. The molecular weight excluding hydrogens is 422 g/mol. The third kappa shape index (κ3) is 6.88. The number of aryl methyl sites for hydroxylation is 1. The number of carbonyl (C=O) groups excluding carboxylic acids is 1. The first-order valence-electron chi connectivity index (χ1n) is 12.0. The van der Waals surface area contributed by atoms with Gasteiger partial charge >= 0.3 is 0 Å². The van der Waals surface area contributed by atoms with E-state index in [4.69, 9.17) is 5.11 Å². The average Bonchev–Trinajstić information content (AvgIpc) is 3.40. The maximum atomic E-state index is 12.6. The van der Waals surface area contributed by atoms with Crippen LogP contribution in [0.3, 0.4) is 0 Å². The quantitative estimate of drug-likeness (QED) is 0.377. The van der Waals surface area contributed by atoms with E-state index in [9.17, 15) is 15.0 Å². The van der Waals surface area contributed by atoms with Gasteiger partial charge in [0.2, 0.25) is 5.91 Å². The fraction of sp³-hybridized carbons (Fsp3) is 0.577. The van der Waals surface area contributed by atoms with Gasteiger partial charge in [-0.05, 0) is 61.9 Å². The summed E-state index contributed by atoms with van der Waals surface area (Å²) in [5.74, 6) is 0.183. The molecule has 1 saturated heterocycles. The van der Waals surface area contributed by atoms with Crippen LogP contribution in [-0.4, -0.2) is 40.0 Å². The third-order valence-electron chi connectivity index (χ3n) is 6.29. The number of aliphatic hydroxyl groups is 3. The van der Waals surface area contributed by atoms with Crippen molar-refractivity contribution in [3.05, 3.63) is 51.7 Å². The second kappa shape index (κ2) is 12.5. The molecule has 3 N–H and O–H groups in total. The Balaban J connectivity index is 1.53. The van der Waals surface area contributed by atoms with Crippen molar-refractivity contribution in [1.29, 1.82) is 0 Å². The van der Waals surface area contributed by atoms with E-state index >= 15 is 0 Å². The van der Waals surface area contributed by atoms with Crippen LogP contribution in [0, 0.1) is 0 Å². The number of anilines is 1. The largest absolute Gasteiger partial charge is 0.394 e. The van der Waals surface area contributed by atoms with Crippen LogP contribution in [0.15, 0.2) is 36.4 Å². The van der Waals surface area contributed by atoms with Crippen molar-refractivity contribution >= 4 is 22.9 Å². The Bertz CT molecular complexity index is 835. The van der Waals surface area contributed by atoms with Gasteiger partial charge in [0.15, 0.2) is 0 Å². The molecule has 0 bridgehead atoms. The van der Waals surface area contributed by atoms with Crippen molar-refractivity contribution in [1.82, 2.24) is 0 Å². The highest BCUT2D eigenvalue weighted by molar-refractivity contribution is 7.12. The van der Waals surface area contributed by atoms with Crippen LogP contribution in [-0.2, 0) is 17.6 Å². The summed E-state index contributed by atoms with van der Waals surface area (Å²) in [7, 11) is 0. The molecule has 1 fully saturated rings. The van der Waals surface area contributed by atoms with Crippen molar-refractivity contribution in [2.24, 2.45) is 0 Å². The predicted octanol–water partition coefficient (Wildman–Crippen LogP) is 4.78. The molecule has 1 aliphatic rings. The summed E-state index contributed by atoms with van der Waals surface area (Å²) >= 11 is 1.69. The molecule has 32 heavy (non-hydrogen) atoms. The van der Waals surface area contributed by atoms with Crippen LogP contribution in [0.2, 0.25) is 0 Å². The molecule has 2 heterocycles. The molecule has 2 aromatic rings. The van der Waals surface area contributed by atoms with Crippen LogP contribution in [0.5, 0.6) is 0 Å². The van der Waals surface area contributed by atoms with E-state index in [0.29, 0.717) is 12.8 Å². The number of thiophene rings is 1. The zero-order valence-corrected chi connectivity index (χ0v) is 19.9. The van der Waals surface area contributed by atoms with Gasteiger partial charge in [0.25, 0.3) is 0 Å². The third-order valence-corrected chi connectivity index (χ3v) is 7.46. The smallest absolute Gasteiger partial charge is 0.227 e. The fourth-order valence-electron chi connectivity index (χ4n) is 4.46. The normalized spacial score (nSPS) is 18.3. The van der Waals surface area contributed by atoms with E-state index in [1.54, 1.807) is 11.3 Å². The van der Waals surface area contributed by atoms with Gasteiger partial charge < -0.3 is 20.2 Å². The van der Waals surface area contributed by atoms with Gasteiger partial charge in [-0.3, -0.25) is 4.79 Å². The first-order valence-corrected chi connectivity index (χ1v) is 12.8. The summed E-state index contributed by atoms with van der Waals surface area (Å²) in [5, 5.41) is 29.0. The topological polar surface area (TPSA) is 81.0 Å². The number of rotatable bonds is 13. The number of nitrogens with zero attached hydrogens (tertiary/aromatic N) is 1. The molecule has 6 heteroatoms. The number of benzene rings is 1. The molecule has 0 radical (unpaired) electrons. The average molecular weight is 460 g/mol. The van der Waals surface area contributed by atoms with Crippen molar-refractivity contribution in [3.63, 3.8) is 0 Å². The number of unbranched alkanes of at least 4 members (excludes halogenated alkanes) is 2. The van der Waals surface area contributed by atoms with E-state index in [1.807, 2.05) is 35.2 Å². The van der Waals surface area contributed by atoms with E-state index < -0.39 is 12.2 Å². The molecule has 3 rings (SSSR count). The lowest BCUT2D eigenvalue weighted by molar-refractivity contribution is -0.117. The maximum Gasteiger partial charge on any atom is 0.227 e. The minimum Gasteiger partial charge on any atom is -0.394 e. The number of hydrogen-bond acceptors (Lipinski definition) is 5. The number of carbonyl (C=O) groups is 1. The van der Waals surface area contributed by atoms with Crippen LogP contribution in [0.25, 0.3) is 0 Å². The summed E-state index contributed by atoms with van der Waals surface area (Å²) in [6.45, 7) is 1.95. The molecule has 0 unspecified atom stereocenters. The monoisotopic (exact) mass is 459 g/mol. The molecule has 176 valence electrons. The second-order valence-electron chi connectivity index (χ2n) is 8.86. The first kappa shape index (κ1) is 24.9. The number of hydrogen-bond donors (Lipinski definition) is 3. The summed E-state index contributed by atoms with van der Waals surface area (Å²) in [6.07, 6.45) is 7.86. The molecule has 0 aliphatic carbocycles. The number of amides is 1. The van der Waals surface area contributed by atoms with Crippen molar-refractivity contribution in [2.75, 3.05) is 11.5 Å². The predicted molar refractivity (Wildman–Crippen MR) is 130 cm³/mol. The van der Waals surface area contributed by atoms with Gasteiger partial charge in [0.1, 0.15) is 0 Å². The zero-order chi connectivity index (χ0) is 22.9. The van der Waals surface area contributed by atoms with Crippen LogP contribution in [0.4, 0.5) is 5.69 Å². The maximum absolute atomic E-state index is 12.6. The fourth-order valence-corrected chi connectivity index (χ4v) is 5.59. The molecule has 3 atom stereocenters. The molecule has 1 amide bonds. The summed E-state index contributed by atoms with van der Waals surface area (Å²) in [6, 6.07) is 12.2. The van der Waals surface area contributed by atoms with Gasteiger partial charge in [-0.15, -0.1) is 11.3 Å². The Morgan fingerprint density at radius 3 is 2.53 bits per heavy atom. The Hall–Kier alpha value is -1.73. The van der Waals surface area contributed by atoms with Crippen LogP contribution in [0.1, 0.15) is 79.7 Å². The van der Waals surface area contributed by atoms with E-state index in [0.717, 1.165) is 67.5 Å². The van der Waals surface area contributed by atoms with E-state index in [1.165, 1.54) is 4.88 Å². The van der Waals surface area contributed by atoms with Crippen LogP contribution < -0.4 is 4.90 Å². The van der Waals surface area contributed by atoms with Crippen molar-refractivity contribution < 1.29 is 20.1 Å².